The Kier molecular flexibility index (Phi) is 5.04. The number of alkyl halides is 1. The van der Waals surface area contributed by atoms with E-state index in [0.717, 1.165) is 6.16 Å². The number of nitrogens with zero attached hydrogens (tertiary/aromatic N) is 3. The summed E-state index contributed by atoms with van der Waals surface area (Å²) >= 11 is 0. The zero-order chi connectivity index (χ0) is 16.0. The van der Waals surface area contributed by atoms with Gasteiger partial charge in [-0.25, -0.2) is 0 Å². The Morgan fingerprint density at radius 1 is 0.652 bits per heavy atom. The van der Waals surface area contributed by atoms with Gasteiger partial charge in [0.05, 0.1) is 12.8 Å². The Morgan fingerprint density at radius 3 is 1.30 bits per heavy atom. The van der Waals surface area contributed by atoms with Crippen LogP contribution in [0, 0.1) is 0 Å². The summed E-state index contributed by atoms with van der Waals surface area (Å²) in [5.41, 5.74) is 0. The summed E-state index contributed by atoms with van der Waals surface area (Å²) < 4.78 is 13.1. The van der Waals surface area contributed by atoms with Gasteiger partial charge < -0.3 is 0 Å². The molecule has 3 aromatic rings. The van der Waals surface area contributed by atoms with Crippen LogP contribution < -0.4 is 15.9 Å². The molecule has 0 aliphatic rings. The number of aromatic nitrogens is 3. The highest BCUT2D eigenvalue weighted by atomic mass is 31.2. The first kappa shape index (κ1) is 15.7. The van der Waals surface area contributed by atoms with Gasteiger partial charge in [-0.15, -0.1) is 0 Å². The second-order valence-corrected chi connectivity index (χ2v) is 8.81. The normalized spacial score (nSPS) is 11.3. The van der Waals surface area contributed by atoms with Crippen molar-refractivity contribution in [3.05, 3.63) is 73.6 Å². The van der Waals surface area contributed by atoms with Crippen molar-refractivity contribution in [2.24, 2.45) is 0 Å². The fourth-order valence-corrected chi connectivity index (χ4v) is 7.12. The van der Waals surface area contributed by atoms with Gasteiger partial charge in [0.25, 0.3) is 0 Å². The van der Waals surface area contributed by atoms with E-state index in [9.17, 15) is 4.39 Å². The van der Waals surface area contributed by atoms with Crippen LogP contribution in [0.3, 0.4) is 0 Å². The van der Waals surface area contributed by atoms with Crippen LogP contribution in [-0.4, -0.2) is 27.8 Å². The lowest BCUT2D eigenvalue weighted by Crippen LogP contribution is -2.33. The zero-order valence-electron chi connectivity index (χ0n) is 12.7. The average Bonchev–Trinajstić information content (AvgIpc) is 2.65. The van der Waals surface area contributed by atoms with Gasteiger partial charge >= 0.3 is 0 Å². The Balaban J connectivity index is 2.25. The minimum Gasteiger partial charge on any atom is -0.264 e. The van der Waals surface area contributed by atoms with Crippen molar-refractivity contribution in [2.75, 3.05) is 12.8 Å². The summed E-state index contributed by atoms with van der Waals surface area (Å²) in [5.74, 6) is 0. The Labute approximate surface area is 136 Å². The van der Waals surface area contributed by atoms with Crippen molar-refractivity contribution in [2.45, 2.75) is 6.42 Å². The summed E-state index contributed by atoms with van der Waals surface area (Å²) in [6.07, 6.45) is 12.2. The van der Waals surface area contributed by atoms with E-state index < -0.39 is 7.26 Å². The van der Waals surface area contributed by atoms with E-state index >= 15 is 0 Å². The van der Waals surface area contributed by atoms with Crippen LogP contribution in [-0.2, 0) is 0 Å². The standard InChI is InChI=1S/C18H18FN3P/c19-8-1-15-23(16-2-9-20-10-3-16,17-4-11-21-12-5-17)18-6-13-22-14-7-18/h2-7,9-14H,1,8,15H2/q+1/i19-1. The van der Waals surface area contributed by atoms with Gasteiger partial charge in [-0.05, 0) is 36.4 Å². The van der Waals surface area contributed by atoms with Crippen molar-refractivity contribution >= 4 is 23.2 Å². The van der Waals surface area contributed by atoms with Crippen LogP contribution in [0.2, 0.25) is 0 Å². The topological polar surface area (TPSA) is 38.7 Å². The monoisotopic (exact) mass is 325 g/mol. The smallest absolute Gasteiger partial charge is 0.112 e. The third-order valence-electron chi connectivity index (χ3n) is 3.94. The van der Waals surface area contributed by atoms with Gasteiger partial charge in [-0.3, -0.25) is 19.3 Å². The highest BCUT2D eigenvalue weighted by molar-refractivity contribution is 7.95. The summed E-state index contributed by atoms with van der Waals surface area (Å²) in [6.45, 7) is -0.316. The van der Waals surface area contributed by atoms with Gasteiger partial charge in [0, 0.05) is 43.6 Å². The second-order valence-electron chi connectivity index (χ2n) is 5.19. The van der Waals surface area contributed by atoms with Gasteiger partial charge in [0.15, 0.2) is 0 Å². The Hall–Kier alpha value is -2.19. The molecule has 0 spiro atoms. The SMILES string of the molecule is [18F]CCC[P+](c1ccncc1)(c1ccncc1)c1ccncc1. The number of hydrogen-bond donors (Lipinski definition) is 0. The molecule has 3 heterocycles. The molecule has 0 bridgehead atoms. The van der Waals surface area contributed by atoms with Crippen LogP contribution in [0.25, 0.3) is 0 Å². The largest absolute Gasteiger partial charge is 0.264 e. The lowest BCUT2D eigenvalue weighted by molar-refractivity contribution is 0.489. The highest BCUT2D eigenvalue weighted by Crippen LogP contribution is 2.55. The summed E-state index contributed by atoms with van der Waals surface area (Å²) in [4.78, 5) is 12.4. The molecule has 116 valence electrons. The first-order chi connectivity index (χ1) is 11.4. The molecule has 0 fully saturated rings. The maximum atomic E-state index is 13.1. The van der Waals surface area contributed by atoms with E-state index in [0.29, 0.717) is 6.42 Å². The maximum absolute atomic E-state index is 13.1. The molecule has 0 aliphatic carbocycles. The van der Waals surface area contributed by atoms with Crippen LogP contribution >= 0.6 is 7.26 Å². The molecule has 3 nitrogen and oxygen atoms in total. The molecule has 0 aliphatic heterocycles. The van der Waals surface area contributed by atoms with Crippen molar-refractivity contribution in [3.63, 3.8) is 0 Å². The minimum atomic E-state index is -1.93. The van der Waals surface area contributed by atoms with E-state index in [1.54, 1.807) is 0 Å². The zero-order valence-corrected chi connectivity index (χ0v) is 13.6. The lowest BCUT2D eigenvalue weighted by atomic mass is 10.5. The third kappa shape index (κ3) is 3.13. The van der Waals surface area contributed by atoms with Crippen molar-refractivity contribution < 1.29 is 4.39 Å². The van der Waals surface area contributed by atoms with E-state index in [2.05, 4.69) is 15.0 Å². The van der Waals surface area contributed by atoms with E-state index in [4.69, 9.17) is 0 Å². The van der Waals surface area contributed by atoms with E-state index in [1.807, 2.05) is 73.6 Å². The first-order valence-corrected chi connectivity index (χ1v) is 9.51. The summed E-state index contributed by atoms with van der Waals surface area (Å²) in [5, 5.41) is 3.62. The summed E-state index contributed by atoms with van der Waals surface area (Å²) in [7, 11) is -1.93. The minimum absolute atomic E-state index is 0.316. The molecule has 5 heteroatoms. The second kappa shape index (κ2) is 7.38. The van der Waals surface area contributed by atoms with Crippen LogP contribution in [0.5, 0.6) is 0 Å². The van der Waals surface area contributed by atoms with Gasteiger partial charge in [-0.1, -0.05) is 0 Å². The van der Waals surface area contributed by atoms with Crippen LogP contribution in [0.1, 0.15) is 6.42 Å². The number of halogens is 1. The molecule has 0 saturated heterocycles. The predicted molar refractivity (Wildman–Crippen MR) is 94.0 cm³/mol. The Bertz CT molecular complexity index is 626. The molecule has 3 rings (SSSR count). The van der Waals surface area contributed by atoms with Gasteiger partial charge in [0.2, 0.25) is 0 Å². The third-order valence-corrected chi connectivity index (χ3v) is 8.46. The molecular formula is C18H18FN3P+. The fourth-order valence-electron chi connectivity index (χ4n) is 2.93. The van der Waals surface area contributed by atoms with Crippen molar-refractivity contribution in [1.82, 2.24) is 15.0 Å². The number of rotatable bonds is 6. The molecule has 0 atom stereocenters. The number of pyridine rings is 3. The molecule has 0 N–H and O–H groups in total. The molecule has 0 amide bonds. The summed E-state index contributed by atoms with van der Waals surface area (Å²) in [6, 6.07) is 12.3. The lowest BCUT2D eigenvalue weighted by Gasteiger charge is -2.26. The Morgan fingerprint density at radius 2 is 1.00 bits per heavy atom. The molecule has 23 heavy (non-hydrogen) atoms. The molecular weight excluding hydrogens is 307 g/mol. The number of hydrogen-bond acceptors (Lipinski definition) is 3. The van der Waals surface area contributed by atoms with E-state index in [-0.39, 0.29) is 6.67 Å². The van der Waals surface area contributed by atoms with Gasteiger partial charge in [0.1, 0.15) is 23.2 Å². The predicted octanol–water partition coefficient (Wildman–Crippen LogP) is 2.53. The van der Waals surface area contributed by atoms with Crippen molar-refractivity contribution in [1.29, 1.82) is 0 Å². The van der Waals surface area contributed by atoms with Crippen LogP contribution in [0.4, 0.5) is 4.39 Å². The van der Waals surface area contributed by atoms with E-state index in [1.165, 1.54) is 15.9 Å². The molecule has 3 aromatic heterocycles. The van der Waals surface area contributed by atoms with Crippen LogP contribution in [0.15, 0.2) is 73.6 Å². The quantitative estimate of drug-likeness (QED) is 0.654. The fraction of sp³-hybridized carbons (Fsp3) is 0.167. The highest BCUT2D eigenvalue weighted by Gasteiger charge is 2.44. The van der Waals surface area contributed by atoms with Crippen molar-refractivity contribution in [3.8, 4) is 0 Å². The molecule has 0 radical (unpaired) electrons. The molecule has 0 unspecified atom stereocenters. The average molecular weight is 325 g/mol. The maximum Gasteiger partial charge on any atom is 0.112 e. The van der Waals surface area contributed by atoms with Gasteiger partial charge in [-0.2, -0.15) is 0 Å². The first-order valence-electron chi connectivity index (χ1n) is 7.54. The molecule has 0 aromatic carbocycles. The molecule has 0 saturated carbocycles.